The van der Waals surface area contributed by atoms with Crippen LogP contribution in [0.1, 0.15) is 53.5 Å². The van der Waals surface area contributed by atoms with Gasteiger partial charge in [-0.15, -0.1) is 4.90 Å². The molecule has 16 heteroatoms. The number of hydrogen-bond acceptors (Lipinski definition) is 12. The van der Waals surface area contributed by atoms with Crippen molar-refractivity contribution < 1.29 is 46.2 Å². The summed E-state index contributed by atoms with van der Waals surface area (Å²) in [5.74, 6) is -0.451. The first-order valence-corrected chi connectivity index (χ1v) is 14.3. The van der Waals surface area contributed by atoms with Gasteiger partial charge < -0.3 is 29.0 Å². The smallest absolute Gasteiger partial charge is 0.427 e. The molecule has 236 valence electrons. The van der Waals surface area contributed by atoms with E-state index in [0.29, 0.717) is 10.5 Å². The molecular weight excluding hydrogens is 588 g/mol. The molecule has 2 N–H and O–H groups in total. The van der Waals surface area contributed by atoms with Crippen molar-refractivity contribution in [2.24, 2.45) is 10.9 Å². The third-order valence-corrected chi connectivity index (χ3v) is 6.05. The number of nitrogens with zero attached hydrogens (tertiary/aromatic N) is 3. The lowest BCUT2D eigenvalue weighted by Gasteiger charge is -2.27. The monoisotopic (exact) mass is 624 g/mol. The van der Waals surface area contributed by atoms with Crippen molar-refractivity contribution >= 4 is 34.0 Å². The van der Waals surface area contributed by atoms with Gasteiger partial charge in [-0.1, -0.05) is 12.1 Å². The van der Waals surface area contributed by atoms with Crippen molar-refractivity contribution in [3.05, 3.63) is 58.1 Å². The van der Waals surface area contributed by atoms with Crippen molar-refractivity contribution in [1.29, 1.82) is 0 Å². The normalized spacial score (nSPS) is 12.2. The Morgan fingerprint density at radius 1 is 0.953 bits per heavy atom. The van der Waals surface area contributed by atoms with Crippen LogP contribution in [0.2, 0.25) is 0 Å². The van der Waals surface area contributed by atoms with Crippen LogP contribution >= 0.6 is 0 Å². The summed E-state index contributed by atoms with van der Waals surface area (Å²) in [6, 6.07) is 9.21. The average molecular weight is 625 g/mol. The zero-order valence-corrected chi connectivity index (χ0v) is 25.8. The van der Waals surface area contributed by atoms with Crippen molar-refractivity contribution in [3.8, 4) is 11.5 Å². The summed E-state index contributed by atoms with van der Waals surface area (Å²) >= 11 is 0. The van der Waals surface area contributed by atoms with Gasteiger partial charge in [-0.2, -0.15) is 8.42 Å². The molecule has 0 saturated carbocycles. The van der Waals surface area contributed by atoms with Gasteiger partial charge in [0.25, 0.3) is 11.6 Å². The fraction of sp³-hybridized carbons (Fsp3) is 0.444. The first-order chi connectivity index (χ1) is 19.8. The highest BCUT2D eigenvalue weighted by atomic mass is 32.2. The van der Waals surface area contributed by atoms with E-state index in [0.717, 1.165) is 12.1 Å². The molecule has 2 aromatic carbocycles. The SMILES string of the molecule is Cc1cc(OCCCO/N=C(\N)N(C(=O)OC(C)(C)C)C(=O)OC(C)(C)C)cc(OS(=O)(=O)c2ccccc2[N+](=O)[O-])c1. The molecule has 0 radical (unpaired) electrons. The summed E-state index contributed by atoms with van der Waals surface area (Å²) in [6.07, 6.45) is -1.94. The number of para-hydroxylation sites is 1. The van der Waals surface area contributed by atoms with Crippen LogP contribution in [-0.2, 0) is 24.4 Å². The summed E-state index contributed by atoms with van der Waals surface area (Å²) in [6.45, 7) is 11.4. The predicted octanol–water partition coefficient (Wildman–Crippen LogP) is 4.86. The minimum Gasteiger partial charge on any atom is -0.493 e. The lowest BCUT2D eigenvalue weighted by molar-refractivity contribution is -0.387. The second-order valence-electron chi connectivity index (χ2n) is 11.0. The van der Waals surface area contributed by atoms with Crippen LogP contribution in [0.25, 0.3) is 0 Å². The van der Waals surface area contributed by atoms with E-state index in [4.69, 9.17) is 29.0 Å². The molecule has 2 amide bonds. The van der Waals surface area contributed by atoms with Gasteiger partial charge in [-0.3, -0.25) is 10.1 Å². The minimum atomic E-state index is -4.52. The molecule has 0 unspecified atom stereocenters. The van der Waals surface area contributed by atoms with E-state index in [2.05, 4.69) is 5.16 Å². The first-order valence-electron chi connectivity index (χ1n) is 12.9. The number of amides is 2. The third kappa shape index (κ3) is 11.3. The molecule has 2 aromatic rings. The zero-order chi connectivity index (χ0) is 32.6. The summed E-state index contributed by atoms with van der Waals surface area (Å²) in [5.41, 5.74) is 3.96. The number of nitro groups is 1. The van der Waals surface area contributed by atoms with Crippen LogP contribution in [0.15, 0.2) is 52.5 Å². The van der Waals surface area contributed by atoms with E-state index in [1.165, 1.54) is 24.3 Å². The van der Waals surface area contributed by atoms with E-state index >= 15 is 0 Å². The van der Waals surface area contributed by atoms with E-state index < -0.39 is 55.0 Å². The molecule has 0 aliphatic rings. The molecule has 0 bridgehead atoms. The molecule has 0 fully saturated rings. The predicted molar refractivity (Wildman–Crippen MR) is 154 cm³/mol. The van der Waals surface area contributed by atoms with E-state index in [1.807, 2.05) is 0 Å². The number of oxime groups is 1. The Morgan fingerprint density at radius 2 is 1.51 bits per heavy atom. The highest BCUT2D eigenvalue weighted by Crippen LogP contribution is 2.29. The first kappa shape index (κ1) is 34.6. The van der Waals surface area contributed by atoms with Crippen LogP contribution in [-0.4, -0.2) is 60.8 Å². The van der Waals surface area contributed by atoms with Gasteiger partial charge in [0, 0.05) is 18.6 Å². The second kappa shape index (κ2) is 14.0. The maximum Gasteiger partial charge on any atom is 0.427 e. The summed E-state index contributed by atoms with van der Waals surface area (Å²) in [5, 5.41) is 14.9. The number of imide groups is 1. The van der Waals surface area contributed by atoms with Crippen LogP contribution in [0, 0.1) is 17.0 Å². The fourth-order valence-electron chi connectivity index (χ4n) is 3.18. The van der Waals surface area contributed by atoms with Gasteiger partial charge in [-0.05, 0) is 77.4 Å². The summed E-state index contributed by atoms with van der Waals surface area (Å²) in [7, 11) is -4.52. The van der Waals surface area contributed by atoms with E-state index in [1.54, 1.807) is 54.5 Å². The lowest BCUT2D eigenvalue weighted by atomic mass is 10.2. The Kier molecular flexibility index (Phi) is 11.3. The van der Waals surface area contributed by atoms with Crippen molar-refractivity contribution in [2.45, 2.75) is 71.0 Å². The third-order valence-electron chi connectivity index (χ3n) is 4.75. The number of benzene rings is 2. The Hall–Kier alpha value is -4.60. The highest BCUT2D eigenvalue weighted by Gasteiger charge is 2.34. The maximum absolute atomic E-state index is 12.7. The number of hydrogen-bond donors (Lipinski definition) is 1. The molecule has 0 aliphatic heterocycles. The number of rotatable bonds is 10. The number of carbonyl (C=O) groups is 2. The molecule has 0 saturated heterocycles. The van der Waals surface area contributed by atoms with Crippen LogP contribution in [0.5, 0.6) is 11.5 Å². The molecule has 0 aromatic heterocycles. The zero-order valence-electron chi connectivity index (χ0n) is 25.0. The maximum atomic E-state index is 12.7. The molecule has 43 heavy (non-hydrogen) atoms. The molecule has 0 spiro atoms. The number of nitrogens with two attached hydrogens (primary N) is 1. The molecule has 0 aliphatic carbocycles. The standard InChI is InChI=1S/C27H36N4O11S/c1-18-15-19(17-20(16-18)42-43(36,37)22-12-9-8-11-21(22)31(34)35)38-13-10-14-39-29-23(28)30(24(32)40-26(2,3)4)25(33)41-27(5,6)7/h8-9,11-12,15-17H,10,13-14H2,1-7H3,(H2,28,29). The van der Waals surface area contributed by atoms with Gasteiger partial charge in [0.2, 0.25) is 0 Å². The van der Waals surface area contributed by atoms with Gasteiger partial charge in [0.05, 0.1) is 11.5 Å². The Labute approximate surface area is 249 Å². The van der Waals surface area contributed by atoms with E-state index in [-0.39, 0.29) is 31.1 Å². The summed E-state index contributed by atoms with van der Waals surface area (Å²) in [4.78, 5) is 40.6. The Balaban J connectivity index is 2.02. The van der Waals surface area contributed by atoms with Crippen LogP contribution < -0.4 is 14.7 Å². The average Bonchev–Trinajstić information content (AvgIpc) is 2.83. The molecule has 0 heterocycles. The molecule has 15 nitrogen and oxygen atoms in total. The van der Waals surface area contributed by atoms with Gasteiger partial charge in [0.15, 0.2) is 4.90 Å². The topological polar surface area (TPSA) is 199 Å². The fourth-order valence-corrected chi connectivity index (χ4v) is 4.26. The van der Waals surface area contributed by atoms with Crippen molar-refractivity contribution in [2.75, 3.05) is 13.2 Å². The van der Waals surface area contributed by atoms with Crippen molar-refractivity contribution in [1.82, 2.24) is 4.90 Å². The van der Waals surface area contributed by atoms with Gasteiger partial charge in [-0.25, -0.2) is 9.59 Å². The number of carbonyl (C=O) groups excluding carboxylic acids is 2. The van der Waals surface area contributed by atoms with Crippen LogP contribution in [0.3, 0.4) is 0 Å². The molecule has 2 rings (SSSR count). The molecular formula is C27H36N4O11S. The Morgan fingerprint density at radius 3 is 2.07 bits per heavy atom. The Bertz CT molecular complexity index is 1430. The quantitative estimate of drug-likeness (QED) is 0.0941. The van der Waals surface area contributed by atoms with Gasteiger partial charge >= 0.3 is 22.3 Å². The minimum absolute atomic E-state index is 0.0433. The number of aryl methyl sites for hydroxylation is 1. The van der Waals surface area contributed by atoms with E-state index in [9.17, 15) is 28.1 Å². The number of guanidine groups is 1. The number of nitro benzene ring substituents is 1. The van der Waals surface area contributed by atoms with Gasteiger partial charge in [0.1, 0.15) is 29.3 Å². The molecule has 0 atom stereocenters. The summed E-state index contributed by atoms with van der Waals surface area (Å²) < 4.78 is 46.7. The second-order valence-corrected chi connectivity index (χ2v) is 12.5. The van der Waals surface area contributed by atoms with Crippen LogP contribution in [0.4, 0.5) is 15.3 Å². The largest absolute Gasteiger partial charge is 0.493 e. The highest BCUT2D eigenvalue weighted by molar-refractivity contribution is 7.87. The lowest BCUT2D eigenvalue weighted by Crippen LogP contribution is -2.50. The number of ether oxygens (including phenoxy) is 3. The van der Waals surface area contributed by atoms with Crippen molar-refractivity contribution in [3.63, 3.8) is 0 Å².